The molecule has 0 bridgehead atoms. The van der Waals surface area contributed by atoms with Crippen LogP contribution in [-0.4, -0.2) is 35.4 Å². The van der Waals surface area contributed by atoms with E-state index >= 15 is 0 Å². The highest BCUT2D eigenvalue weighted by Crippen LogP contribution is 2.35. The zero-order valence-corrected chi connectivity index (χ0v) is 11.9. The van der Waals surface area contributed by atoms with Crippen LogP contribution in [0.25, 0.3) is 0 Å². The van der Waals surface area contributed by atoms with E-state index in [2.05, 4.69) is 10.2 Å². The Morgan fingerprint density at radius 2 is 2.05 bits per heavy atom. The highest BCUT2D eigenvalue weighted by atomic mass is 32.2. The third kappa shape index (κ3) is 2.44. The minimum Gasteiger partial charge on any atom is -0.476 e. The summed E-state index contributed by atoms with van der Waals surface area (Å²) < 4.78 is 24.8. The Hall–Kier alpha value is -2.15. The van der Waals surface area contributed by atoms with Gasteiger partial charge in [-0.25, -0.2) is 13.2 Å². The van der Waals surface area contributed by atoms with Crippen LogP contribution in [0.4, 0.5) is 0 Å². The molecule has 0 saturated carbocycles. The number of carboxylic acids is 1. The normalized spacial score (nSPS) is 19.9. The van der Waals surface area contributed by atoms with Gasteiger partial charge in [-0.2, -0.15) is 5.10 Å². The Morgan fingerprint density at radius 3 is 2.71 bits per heavy atom. The predicted molar refractivity (Wildman–Crippen MR) is 75.9 cm³/mol. The molecule has 2 heterocycles. The van der Waals surface area contributed by atoms with E-state index in [1.165, 1.54) is 0 Å². The van der Waals surface area contributed by atoms with Crippen molar-refractivity contribution in [1.29, 1.82) is 0 Å². The summed E-state index contributed by atoms with van der Waals surface area (Å²) >= 11 is 0. The molecule has 0 saturated heterocycles. The zero-order valence-electron chi connectivity index (χ0n) is 11.1. The number of carboxylic acid groups (broad SMARTS) is 1. The molecule has 1 aliphatic rings. The minimum atomic E-state index is -3.38. The summed E-state index contributed by atoms with van der Waals surface area (Å²) in [6, 6.07) is 9.19. The average molecular weight is 306 g/mol. The van der Waals surface area contributed by atoms with E-state index in [1.54, 1.807) is 0 Å². The third-order valence-electron chi connectivity index (χ3n) is 3.74. The first-order chi connectivity index (χ1) is 9.99. The van der Waals surface area contributed by atoms with Crippen LogP contribution in [-0.2, 0) is 22.7 Å². The number of nitrogens with one attached hydrogen (secondary N) is 1. The Balaban J connectivity index is 2.09. The van der Waals surface area contributed by atoms with Gasteiger partial charge in [0.1, 0.15) is 0 Å². The van der Waals surface area contributed by atoms with E-state index in [4.69, 9.17) is 0 Å². The quantitative estimate of drug-likeness (QED) is 0.892. The number of nitrogens with zero attached hydrogens (tertiary/aromatic N) is 1. The number of H-pyrrole nitrogens is 1. The molecule has 3 rings (SSSR count). The highest BCUT2D eigenvalue weighted by molar-refractivity contribution is 7.91. The van der Waals surface area contributed by atoms with Gasteiger partial charge < -0.3 is 5.11 Å². The molecule has 0 aliphatic carbocycles. The van der Waals surface area contributed by atoms with E-state index < -0.39 is 21.1 Å². The van der Waals surface area contributed by atoms with Gasteiger partial charge >= 0.3 is 5.97 Å². The fourth-order valence-corrected chi connectivity index (χ4v) is 4.54. The Kier molecular flexibility index (Phi) is 3.29. The molecule has 0 radical (unpaired) electrons. The van der Waals surface area contributed by atoms with Gasteiger partial charge in [-0.3, -0.25) is 5.10 Å². The van der Waals surface area contributed by atoms with Crippen molar-refractivity contribution >= 4 is 15.8 Å². The SMILES string of the molecule is O=C(O)c1n[nH]c2c1C(Cc1ccccc1)S(=O)(=O)CC2. The number of hydrogen-bond donors (Lipinski definition) is 2. The van der Waals surface area contributed by atoms with Gasteiger partial charge in [0.25, 0.3) is 0 Å². The van der Waals surface area contributed by atoms with Crippen molar-refractivity contribution in [2.24, 2.45) is 0 Å². The van der Waals surface area contributed by atoms with E-state index in [1.807, 2.05) is 30.3 Å². The topological polar surface area (TPSA) is 100 Å². The smallest absolute Gasteiger partial charge is 0.356 e. The molecule has 1 atom stereocenters. The molecular weight excluding hydrogens is 292 g/mol. The number of sulfone groups is 1. The zero-order chi connectivity index (χ0) is 15.0. The molecule has 0 fully saturated rings. The molecular formula is C14H14N2O4S. The average Bonchev–Trinajstić information content (AvgIpc) is 2.87. The highest BCUT2D eigenvalue weighted by Gasteiger charge is 2.38. The van der Waals surface area contributed by atoms with Gasteiger partial charge in [-0.1, -0.05) is 30.3 Å². The van der Waals surface area contributed by atoms with E-state index in [9.17, 15) is 18.3 Å². The van der Waals surface area contributed by atoms with E-state index in [0.717, 1.165) is 5.56 Å². The molecule has 2 aromatic rings. The van der Waals surface area contributed by atoms with E-state index in [0.29, 0.717) is 11.3 Å². The van der Waals surface area contributed by atoms with Crippen molar-refractivity contribution in [3.8, 4) is 0 Å². The molecule has 110 valence electrons. The lowest BCUT2D eigenvalue weighted by atomic mass is 10.0. The van der Waals surface area contributed by atoms with Crippen LogP contribution >= 0.6 is 0 Å². The lowest BCUT2D eigenvalue weighted by Gasteiger charge is -2.23. The lowest BCUT2D eigenvalue weighted by Crippen LogP contribution is -2.27. The van der Waals surface area contributed by atoms with Gasteiger partial charge in [0, 0.05) is 17.7 Å². The molecule has 7 heteroatoms. The molecule has 1 aliphatic heterocycles. The Labute approximate surface area is 121 Å². The fraction of sp³-hybridized carbons (Fsp3) is 0.286. The maximum absolute atomic E-state index is 12.4. The Morgan fingerprint density at radius 1 is 1.33 bits per heavy atom. The molecule has 1 unspecified atom stereocenters. The number of aromatic carboxylic acids is 1. The third-order valence-corrected chi connectivity index (χ3v) is 5.78. The second-order valence-electron chi connectivity index (χ2n) is 5.06. The number of benzene rings is 1. The second-order valence-corrected chi connectivity index (χ2v) is 7.37. The van der Waals surface area contributed by atoms with Gasteiger partial charge in [0.15, 0.2) is 15.5 Å². The fourth-order valence-electron chi connectivity index (χ4n) is 2.71. The standard InChI is InChI=1S/C14H14N2O4S/c17-14(18)13-12-10(15-16-13)6-7-21(19,20)11(12)8-9-4-2-1-3-5-9/h1-5,11H,6-8H2,(H,15,16)(H,17,18). The van der Waals surface area contributed by atoms with Crippen LogP contribution in [0.3, 0.4) is 0 Å². The van der Waals surface area contributed by atoms with Crippen LogP contribution in [0, 0.1) is 0 Å². The van der Waals surface area contributed by atoms with Crippen molar-refractivity contribution in [3.05, 3.63) is 52.8 Å². The lowest BCUT2D eigenvalue weighted by molar-refractivity contribution is 0.0689. The van der Waals surface area contributed by atoms with Gasteiger partial charge in [0.2, 0.25) is 0 Å². The maximum atomic E-state index is 12.4. The van der Waals surface area contributed by atoms with Crippen molar-refractivity contribution in [1.82, 2.24) is 10.2 Å². The summed E-state index contributed by atoms with van der Waals surface area (Å²) in [6.07, 6.45) is 0.541. The molecule has 6 nitrogen and oxygen atoms in total. The first-order valence-corrected chi connectivity index (χ1v) is 8.26. The number of fused-ring (bicyclic) bond motifs is 1. The monoisotopic (exact) mass is 306 g/mol. The second kappa shape index (κ2) is 5.00. The summed E-state index contributed by atoms with van der Waals surface area (Å²) in [5, 5.41) is 14.8. The maximum Gasteiger partial charge on any atom is 0.356 e. The summed E-state index contributed by atoms with van der Waals surface area (Å²) in [6.45, 7) is 0. The summed E-state index contributed by atoms with van der Waals surface area (Å²) in [5.41, 5.74) is 1.60. The number of aromatic amines is 1. The minimum absolute atomic E-state index is 0.0127. The van der Waals surface area contributed by atoms with Crippen LogP contribution in [0.5, 0.6) is 0 Å². The number of hydrogen-bond acceptors (Lipinski definition) is 4. The van der Waals surface area contributed by atoms with Crippen LogP contribution < -0.4 is 0 Å². The summed E-state index contributed by atoms with van der Waals surface area (Å²) in [5.74, 6) is -1.19. The first-order valence-electron chi connectivity index (χ1n) is 6.55. The van der Waals surface area contributed by atoms with Crippen LogP contribution in [0.1, 0.15) is 32.6 Å². The molecule has 0 spiro atoms. The van der Waals surface area contributed by atoms with Crippen molar-refractivity contribution in [2.75, 3.05) is 5.75 Å². The van der Waals surface area contributed by atoms with Crippen molar-refractivity contribution in [2.45, 2.75) is 18.1 Å². The van der Waals surface area contributed by atoms with Crippen LogP contribution in [0.2, 0.25) is 0 Å². The van der Waals surface area contributed by atoms with Crippen LogP contribution in [0.15, 0.2) is 30.3 Å². The molecule has 2 N–H and O–H groups in total. The number of rotatable bonds is 3. The van der Waals surface area contributed by atoms with Gasteiger partial charge in [-0.05, 0) is 12.0 Å². The molecule has 1 aromatic carbocycles. The Bertz CT molecular complexity index is 781. The van der Waals surface area contributed by atoms with Gasteiger partial charge in [-0.15, -0.1) is 0 Å². The van der Waals surface area contributed by atoms with Crippen molar-refractivity contribution in [3.63, 3.8) is 0 Å². The number of aromatic nitrogens is 2. The molecule has 21 heavy (non-hydrogen) atoms. The predicted octanol–water partition coefficient (Wildman–Crippen LogP) is 1.36. The number of aryl methyl sites for hydroxylation is 1. The van der Waals surface area contributed by atoms with Crippen molar-refractivity contribution < 1.29 is 18.3 Å². The summed E-state index contributed by atoms with van der Waals surface area (Å²) in [4.78, 5) is 11.3. The summed E-state index contributed by atoms with van der Waals surface area (Å²) in [7, 11) is -3.38. The largest absolute Gasteiger partial charge is 0.476 e. The first kappa shape index (κ1) is 13.8. The van der Waals surface area contributed by atoms with Gasteiger partial charge in [0.05, 0.1) is 11.0 Å². The number of carbonyl (C=O) groups is 1. The molecule has 1 aromatic heterocycles. The van der Waals surface area contributed by atoms with E-state index in [-0.39, 0.29) is 24.3 Å². The molecule has 0 amide bonds.